The predicted molar refractivity (Wildman–Crippen MR) is 154 cm³/mol. The molecule has 2 heterocycles. The number of hydrogen-bond acceptors (Lipinski definition) is 4. The molecule has 0 aliphatic carbocycles. The fraction of sp³-hybridized carbons (Fsp3) is 0.367. The van der Waals surface area contributed by atoms with E-state index in [2.05, 4.69) is 17.0 Å². The number of likely N-dealkylation sites (N-methyl/N-ethyl adjacent to an activating group) is 1. The van der Waals surface area contributed by atoms with Crippen LogP contribution in [0.3, 0.4) is 0 Å². The van der Waals surface area contributed by atoms with Crippen LogP contribution in [0.4, 0.5) is 4.79 Å². The van der Waals surface area contributed by atoms with Crippen LogP contribution in [0.2, 0.25) is 10.0 Å². The summed E-state index contributed by atoms with van der Waals surface area (Å²) in [5.74, 6) is 1.32. The van der Waals surface area contributed by atoms with Crippen LogP contribution < -0.4 is 4.74 Å². The first-order valence-corrected chi connectivity index (χ1v) is 15.1. The number of piperidine rings is 1. The third-order valence-corrected chi connectivity index (χ3v) is 10.3. The highest BCUT2D eigenvalue weighted by molar-refractivity contribution is 7.85. The number of likely N-dealkylation sites (tertiary alicyclic amines) is 1. The van der Waals surface area contributed by atoms with E-state index in [9.17, 15) is 9.00 Å². The molecule has 2 aliphatic heterocycles. The topological polar surface area (TPSA) is 49.9 Å². The number of ether oxygens (including phenoxy) is 1. The van der Waals surface area contributed by atoms with E-state index >= 15 is 0 Å². The Labute approximate surface area is 237 Å². The fourth-order valence-electron chi connectivity index (χ4n) is 5.67. The molecule has 1 unspecified atom stereocenters. The van der Waals surface area contributed by atoms with Crippen molar-refractivity contribution in [2.24, 2.45) is 0 Å². The van der Waals surface area contributed by atoms with Crippen LogP contribution in [0.15, 0.2) is 77.7 Å². The molecular weight excluding hydrogens is 539 g/mol. The van der Waals surface area contributed by atoms with E-state index in [0.717, 1.165) is 55.1 Å². The van der Waals surface area contributed by atoms with E-state index in [0.29, 0.717) is 22.3 Å². The van der Waals surface area contributed by atoms with Gasteiger partial charge in [0.25, 0.3) is 0 Å². The molecule has 3 aromatic carbocycles. The van der Waals surface area contributed by atoms with Crippen molar-refractivity contribution in [2.45, 2.75) is 35.5 Å². The maximum atomic E-state index is 12.8. The summed E-state index contributed by atoms with van der Waals surface area (Å²) >= 11 is 12.6. The maximum absolute atomic E-state index is 12.8. The molecule has 2 aliphatic rings. The van der Waals surface area contributed by atoms with Gasteiger partial charge in [-0.1, -0.05) is 65.7 Å². The highest BCUT2D eigenvalue weighted by Gasteiger charge is 2.44. The summed E-state index contributed by atoms with van der Waals surface area (Å²) in [6.07, 6.45) is 2.48. The molecule has 3 aromatic rings. The van der Waals surface area contributed by atoms with Gasteiger partial charge in [0.1, 0.15) is 5.75 Å². The molecule has 1 fully saturated rings. The monoisotopic (exact) mass is 570 g/mol. The van der Waals surface area contributed by atoms with Crippen LogP contribution in [0.25, 0.3) is 0 Å². The molecule has 200 valence electrons. The van der Waals surface area contributed by atoms with Gasteiger partial charge < -0.3 is 14.5 Å². The van der Waals surface area contributed by atoms with Gasteiger partial charge in [0.05, 0.1) is 20.8 Å². The van der Waals surface area contributed by atoms with E-state index in [1.807, 2.05) is 48.5 Å². The Morgan fingerprint density at radius 2 is 1.74 bits per heavy atom. The lowest BCUT2D eigenvalue weighted by atomic mass is 9.74. The number of carbonyl (C=O) groups is 1. The van der Waals surface area contributed by atoms with Crippen LogP contribution in [-0.4, -0.2) is 59.1 Å². The Morgan fingerprint density at radius 1 is 1.03 bits per heavy atom. The number of rotatable bonds is 7. The maximum Gasteiger partial charge on any atom is 0.414 e. The quantitative estimate of drug-likeness (QED) is 0.315. The van der Waals surface area contributed by atoms with E-state index in [4.69, 9.17) is 27.9 Å². The zero-order valence-electron chi connectivity index (χ0n) is 21.4. The van der Waals surface area contributed by atoms with Crippen molar-refractivity contribution in [2.75, 3.05) is 39.0 Å². The SMILES string of the molecule is CN(C[C@@H](CCN1CCC2(CC1)CS(=O)c1ccccc12)c1ccc(Cl)c(Cl)c1)C(=O)Oc1ccccc1. The van der Waals surface area contributed by atoms with Crippen molar-refractivity contribution < 1.29 is 13.7 Å². The van der Waals surface area contributed by atoms with Crippen LogP contribution in [-0.2, 0) is 16.2 Å². The first-order chi connectivity index (χ1) is 18.3. The van der Waals surface area contributed by atoms with Gasteiger partial charge in [-0.15, -0.1) is 0 Å². The van der Waals surface area contributed by atoms with Gasteiger partial charge in [-0.25, -0.2) is 4.79 Å². The molecule has 0 N–H and O–H groups in total. The summed E-state index contributed by atoms with van der Waals surface area (Å²) in [6.45, 7) is 3.32. The van der Waals surface area contributed by atoms with Crippen molar-refractivity contribution in [3.05, 3.63) is 94.0 Å². The number of para-hydroxylation sites is 1. The van der Waals surface area contributed by atoms with Gasteiger partial charge >= 0.3 is 6.09 Å². The summed E-state index contributed by atoms with van der Waals surface area (Å²) in [5, 5.41) is 1.03. The first-order valence-electron chi connectivity index (χ1n) is 13.0. The molecule has 0 aromatic heterocycles. The van der Waals surface area contributed by atoms with Gasteiger partial charge in [-0.2, -0.15) is 0 Å². The first kappa shape index (κ1) is 27.2. The molecule has 2 atom stereocenters. The average Bonchev–Trinajstić information content (AvgIpc) is 3.20. The molecular formula is C30H32Cl2N2O3S. The molecule has 38 heavy (non-hydrogen) atoms. The Bertz CT molecular complexity index is 1310. The summed E-state index contributed by atoms with van der Waals surface area (Å²) in [6, 6.07) is 23.0. The Kier molecular flexibility index (Phi) is 8.44. The van der Waals surface area contributed by atoms with E-state index in [-0.39, 0.29) is 11.3 Å². The van der Waals surface area contributed by atoms with Crippen LogP contribution in [0.1, 0.15) is 36.3 Å². The van der Waals surface area contributed by atoms with Crippen molar-refractivity contribution >= 4 is 40.1 Å². The number of fused-ring (bicyclic) bond motifs is 2. The third-order valence-electron chi connectivity index (χ3n) is 7.89. The zero-order chi connectivity index (χ0) is 26.7. The van der Waals surface area contributed by atoms with Gasteiger partial charge in [-0.3, -0.25) is 4.21 Å². The Morgan fingerprint density at radius 3 is 2.47 bits per heavy atom. The fourth-order valence-corrected chi connectivity index (χ4v) is 7.84. The van der Waals surface area contributed by atoms with Crippen molar-refractivity contribution in [1.82, 2.24) is 9.80 Å². The molecule has 0 radical (unpaired) electrons. The number of carbonyl (C=O) groups excluding carboxylic acids is 1. The van der Waals surface area contributed by atoms with Crippen LogP contribution in [0, 0.1) is 0 Å². The van der Waals surface area contributed by atoms with Gasteiger partial charge in [0.2, 0.25) is 0 Å². The van der Waals surface area contributed by atoms with Gasteiger partial charge in [0.15, 0.2) is 0 Å². The highest BCUT2D eigenvalue weighted by atomic mass is 35.5. The molecule has 1 amide bonds. The molecule has 1 spiro atoms. The van der Waals surface area contributed by atoms with Gasteiger partial charge in [0, 0.05) is 35.6 Å². The number of halogens is 2. The Balaban J connectivity index is 1.24. The zero-order valence-corrected chi connectivity index (χ0v) is 23.8. The second-order valence-electron chi connectivity index (χ2n) is 10.3. The minimum absolute atomic E-state index is 0.0302. The summed E-state index contributed by atoms with van der Waals surface area (Å²) in [4.78, 5) is 17.9. The van der Waals surface area contributed by atoms with E-state index in [1.165, 1.54) is 5.56 Å². The van der Waals surface area contributed by atoms with Crippen molar-refractivity contribution in [3.63, 3.8) is 0 Å². The van der Waals surface area contributed by atoms with Gasteiger partial charge in [-0.05, 0) is 80.4 Å². The number of benzene rings is 3. The lowest BCUT2D eigenvalue weighted by Crippen LogP contribution is -2.44. The predicted octanol–water partition coefficient (Wildman–Crippen LogP) is 6.75. The lowest BCUT2D eigenvalue weighted by molar-refractivity contribution is 0.151. The minimum atomic E-state index is -0.903. The lowest BCUT2D eigenvalue weighted by Gasteiger charge is -2.40. The van der Waals surface area contributed by atoms with Crippen molar-refractivity contribution in [1.29, 1.82) is 0 Å². The molecule has 1 saturated heterocycles. The number of hydrogen-bond donors (Lipinski definition) is 0. The normalized spacial score (nSPS) is 19.2. The van der Waals surface area contributed by atoms with Crippen molar-refractivity contribution in [3.8, 4) is 5.75 Å². The minimum Gasteiger partial charge on any atom is -0.410 e. The molecule has 0 saturated carbocycles. The second-order valence-corrected chi connectivity index (χ2v) is 12.6. The van der Waals surface area contributed by atoms with Crippen LogP contribution >= 0.6 is 23.2 Å². The smallest absolute Gasteiger partial charge is 0.410 e. The Hall–Kier alpha value is -2.38. The van der Waals surface area contributed by atoms with E-state index in [1.54, 1.807) is 24.1 Å². The molecule has 8 heteroatoms. The molecule has 5 rings (SSSR count). The summed E-state index contributed by atoms with van der Waals surface area (Å²) in [7, 11) is 0.859. The summed E-state index contributed by atoms with van der Waals surface area (Å²) in [5.41, 5.74) is 2.36. The molecule has 0 bridgehead atoms. The molecule has 5 nitrogen and oxygen atoms in total. The number of nitrogens with zero attached hydrogens (tertiary/aromatic N) is 2. The third kappa shape index (κ3) is 5.94. The largest absolute Gasteiger partial charge is 0.414 e. The van der Waals surface area contributed by atoms with E-state index < -0.39 is 16.9 Å². The summed E-state index contributed by atoms with van der Waals surface area (Å²) < 4.78 is 18.3. The second kappa shape index (κ2) is 11.8. The standard InChI is InChI=1S/C30H32Cl2N2O3S/c1-33(29(35)37-24-7-3-2-4-8-24)20-23(22-11-12-26(31)27(32)19-22)13-16-34-17-14-30(15-18-34)21-38(36)28-10-6-5-9-25(28)30/h2-12,19,23H,13-18,20-21H2,1H3/t23-,38?/m1/s1. The number of amides is 1. The highest BCUT2D eigenvalue weighted by Crippen LogP contribution is 2.45. The van der Waals surface area contributed by atoms with Crippen LogP contribution in [0.5, 0.6) is 5.75 Å². The average molecular weight is 572 g/mol.